The second kappa shape index (κ2) is 6.84. The number of aryl methyl sites for hydroxylation is 2. The van der Waals surface area contributed by atoms with Gasteiger partial charge in [0.2, 0.25) is 0 Å². The Morgan fingerprint density at radius 1 is 1.26 bits per heavy atom. The second-order valence-corrected chi connectivity index (χ2v) is 6.91. The van der Waals surface area contributed by atoms with E-state index in [0.29, 0.717) is 5.69 Å². The summed E-state index contributed by atoms with van der Waals surface area (Å²) in [5.41, 5.74) is 3.12. The quantitative estimate of drug-likeness (QED) is 0.825. The Kier molecular flexibility index (Phi) is 4.82. The van der Waals surface area contributed by atoms with Crippen molar-refractivity contribution in [3.05, 3.63) is 51.8 Å². The van der Waals surface area contributed by atoms with Crippen molar-refractivity contribution < 1.29 is 4.79 Å². The monoisotopic (exact) mass is 376 g/mol. The van der Waals surface area contributed by atoms with Gasteiger partial charge in [0.1, 0.15) is 0 Å². The van der Waals surface area contributed by atoms with Crippen LogP contribution in [0.5, 0.6) is 0 Å². The van der Waals surface area contributed by atoms with Crippen LogP contribution in [0, 0.1) is 6.92 Å². The molecule has 1 fully saturated rings. The Hall–Kier alpha value is -1.66. The van der Waals surface area contributed by atoms with Crippen molar-refractivity contribution in [2.24, 2.45) is 7.05 Å². The molecular formula is C17H21BrN4O. The topological polar surface area (TPSA) is 41.4 Å². The fraction of sp³-hybridized carbons (Fsp3) is 0.412. The minimum absolute atomic E-state index is 0.00711. The fourth-order valence-electron chi connectivity index (χ4n) is 2.93. The van der Waals surface area contributed by atoms with E-state index in [1.165, 1.54) is 11.1 Å². The first-order valence-corrected chi connectivity index (χ1v) is 8.58. The Labute approximate surface area is 145 Å². The van der Waals surface area contributed by atoms with Gasteiger partial charge in [-0.3, -0.25) is 14.4 Å². The van der Waals surface area contributed by atoms with E-state index in [4.69, 9.17) is 0 Å². The Bertz CT molecular complexity index is 704. The average molecular weight is 377 g/mol. The zero-order valence-electron chi connectivity index (χ0n) is 13.5. The van der Waals surface area contributed by atoms with Gasteiger partial charge in [0.05, 0.1) is 4.47 Å². The summed E-state index contributed by atoms with van der Waals surface area (Å²) in [6, 6.07) is 8.60. The predicted molar refractivity (Wildman–Crippen MR) is 93.3 cm³/mol. The van der Waals surface area contributed by atoms with Crippen molar-refractivity contribution >= 4 is 21.8 Å². The number of hydrogen-bond acceptors (Lipinski definition) is 3. The lowest BCUT2D eigenvalue weighted by Gasteiger charge is -2.34. The van der Waals surface area contributed by atoms with Crippen molar-refractivity contribution in [2.45, 2.75) is 13.5 Å². The van der Waals surface area contributed by atoms with Crippen LogP contribution in [0.15, 0.2) is 34.9 Å². The molecule has 23 heavy (non-hydrogen) atoms. The number of piperazine rings is 1. The molecule has 1 aliphatic heterocycles. The van der Waals surface area contributed by atoms with E-state index in [1.807, 2.05) is 11.9 Å². The summed E-state index contributed by atoms with van der Waals surface area (Å²) < 4.78 is 2.41. The molecule has 0 N–H and O–H groups in total. The van der Waals surface area contributed by atoms with E-state index in [0.717, 1.165) is 37.2 Å². The van der Waals surface area contributed by atoms with Crippen molar-refractivity contribution in [1.82, 2.24) is 19.6 Å². The SMILES string of the molecule is Cc1cccc(CN2CCN(C(=O)c3nn(C)cc3Br)CC2)c1. The number of nitrogens with zero attached hydrogens (tertiary/aromatic N) is 4. The summed E-state index contributed by atoms with van der Waals surface area (Å²) in [5.74, 6) is 0.00711. The summed E-state index contributed by atoms with van der Waals surface area (Å²) >= 11 is 3.41. The summed E-state index contributed by atoms with van der Waals surface area (Å²) in [6.45, 7) is 6.33. The first-order valence-electron chi connectivity index (χ1n) is 7.79. The van der Waals surface area contributed by atoms with Crippen LogP contribution in [0.1, 0.15) is 21.6 Å². The maximum absolute atomic E-state index is 12.5. The molecule has 6 heteroatoms. The fourth-order valence-corrected chi connectivity index (χ4v) is 3.48. The molecule has 1 amide bonds. The molecule has 3 rings (SSSR count). The highest BCUT2D eigenvalue weighted by Crippen LogP contribution is 2.18. The maximum Gasteiger partial charge on any atom is 0.275 e. The zero-order valence-corrected chi connectivity index (χ0v) is 15.1. The molecule has 0 unspecified atom stereocenters. The smallest absolute Gasteiger partial charge is 0.275 e. The lowest BCUT2D eigenvalue weighted by molar-refractivity contribution is 0.0621. The van der Waals surface area contributed by atoms with Gasteiger partial charge in [-0.2, -0.15) is 5.10 Å². The number of halogens is 1. The summed E-state index contributed by atoms with van der Waals surface area (Å²) in [4.78, 5) is 16.8. The molecular weight excluding hydrogens is 356 g/mol. The zero-order chi connectivity index (χ0) is 16.4. The number of amides is 1. The van der Waals surface area contributed by atoms with E-state index in [9.17, 15) is 4.79 Å². The number of hydrogen-bond donors (Lipinski definition) is 0. The van der Waals surface area contributed by atoms with Gasteiger partial charge < -0.3 is 4.90 Å². The highest BCUT2D eigenvalue weighted by atomic mass is 79.9. The van der Waals surface area contributed by atoms with E-state index >= 15 is 0 Å². The van der Waals surface area contributed by atoms with E-state index in [2.05, 4.69) is 57.1 Å². The lowest BCUT2D eigenvalue weighted by Crippen LogP contribution is -2.48. The van der Waals surface area contributed by atoms with Gasteiger partial charge in [-0.25, -0.2) is 0 Å². The lowest BCUT2D eigenvalue weighted by atomic mass is 10.1. The van der Waals surface area contributed by atoms with Crippen molar-refractivity contribution in [3.8, 4) is 0 Å². The van der Waals surface area contributed by atoms with Gasteiger partial charge in [-0.15, -0.1) is 0 Å². The van der Waals surface area contributed by atoms with Crippen LogP contribution in [-0.2, 0) is 13.6 Å². The van der Waals surface area contributed by atoms with Crippen LogP contribution in [0.2, 0.25) is 0 Å². The van der Waals surface area contributed by atoms with Crippen LogP contribution < -0.4 is 0 Å². The van der Waals surface area contributed by atoms with Crippen LogP contribution in [-0.4, -0.2) is 51.7 Å². The molecule has 1 aliphatic rings. The third-order valence-electron chi connectivity index (χ3n) is 4.13. The molecule has 1 saturated heterocycles. The minimum atomic E-state index is 0.00711. The van der Waals surface area contributed by atoms with Crippen molar-refractivity contribution in [1.29, 1.82) is 0 Å². The number of rotatable bonds is 3. The molecule has 0 aliphatic carbocycles. The van der Waals surface area contributed by atoms with Crippen LogP contribution in [0.4, 0.5) is 0 Å². The van der Waals surface area contributed by atoms with Crippen LogP contribution in [0.3, 0.4) is 0 Å². The Balaban J connectivity index is 1.58. The molecule has 0 saturated carbocycles. The normalized spacial score (nSPS) is 15.9. The highest BCUT2D eigenvalue weighted by Gasteiger charge is 2.25. The maximum atomic E-state index is 12.5. The molecule has 5 nitrogen and oxygen atoms in total. The van der Waals surface area contributed by atoms with E-state index in [-0.39, 0.29) is 5.91 Å². The third-order valence-corrected chi connectivity index (χ3v) is 4.72. The molecule has 1 aromatic heterocycles. The van der Waals surface area contributed by atoms with Crippen molar-refractivity contribution in [2.75, 3.05) is 26.2 Å². The first kappa shape index (κ1) is 16.2. The van der Waals surface area contributed by atoms with Gasteiger partial charge in [-0.05, 0) is 28.4 Å². The summed E-state index contributed by atoms with van der Waals surface area (Å²) in [7, 11) is 1.82. The van der Waals surface area contributed by atoms with Gasteiger partial charge in [0.25, 0.3) is 5.91 Å². The molecule has 0 bridgehead atoms. The van der Waals surface area contributed by atoms with E-state index < -0.39 is 0 Å². The minimum Gasteiger partial charge on any atom is -0.335 e. The number of aromatic nitrogens is 2. The van der Waals surface area contributed by atoms with Gasteiger partial charge in [0, 0.05) is 46.0 Å². The Morgan fingerprint density at radius 2 is 2.00 bits per heavy atom. The number of benzene rings is 1. The Morgan fingerprint density at radius 3 is 2.61 bits per heavy atom. The molecule has 1 aromatic carbocycles. The van der Waals surface area contributed by atoms with Crippen molar-refractivity contribution in [3.63, 3.8) is 0 Å². The van der Waals surface area contributed by atoms with Gasteiger partial charge in [-0.1, -0.05) is 29.8 Å². The molecule has 0 atom stereocenters. The average Bonchev–Trinajstić information content (AvgIpc) is 2.86. The number of carbonyl (C=O) groups excluding carboxylic acids is 1. The first-order chi connectivity index (χ1) is 11.0. The standard InChI is InChI=1S/C17H21BrN4O/c1-13-4-3-5-14(10-13)11-21-6-8-22(9-7-21)17(23)16-15(18)12-20(2)19-16/h3-5,10,12H,6-9,11H2,1-2H3. The predicted octanol–water partition coefficient (Wildman–Crippen LogP) is 2.45. The molecule has 0 spiro atoms. The largest absolute Gasteiger partial charge is 0.335 e. The summed E-state index contributed by atoms with van der Waals surface area (Å²) in [5, 5.41) is 4.25. The number of carbonyl (C=O) groups is 1. The highest BCUT2D eigenvalue weighted by molar-refractivity contribution is 9.10. The second-order valence-electron chi connectivity index (χ2n) is 6.06. The molecule has 2 aromatic rings. The van der Waals surface area contributed by atoms with Crippen LogP contribution >= 0.6 is 15.9 Å². The van der Waals surface area contributed by atoms with E-state index in [1.54, 1.807) is 10.9 Å². The molecule has 2 heterocycles. The molecule has 122 valence electrons. The van der Waals surface area contributed by atoms with Crippen LogP contribution in [0.25, 0.3) is 0 Å². The third kappa shape index (κ3) is 3.82. The molecule has 0 radical (unpaired) electrons. The van der Waals surface area contributed by atoms with Gasteiger partial charge in [0.15, 0.2) is 5.69 Å². The summed E-state index contributed by atoms with van der Waals surface area (Å²) in [6.07, 6.45) is 1.81. The van der Waals surface area contributed by atoms with Gasteiger partial charge >= 0.3 is 0 Å².